The maximum absolute atomic E-state index is 12.5. The summed E-state index contributed by atoms with van der Waals surface area (Å²) in [7, 11) is 0. The lowest BCUT2D eigenvalue weighted by Gasteiger charge is -2.34. The SMILES string of the molecule is CCOc1cc(C(=O)CCC(=O)N2CCN(C/C=C/c3ccccc3)CC2)ccc1O. The van der Waals surface area contributed by atoms with E-state index in [0.717, 1.165) is 19.6 Å². The zero-order valence-electron chi connectivity index (χ0n) is 18.0. The molecule has 0 unspecified atom stereocenters. The minimum absolute atomic E-state index is 0.00552. The lowest BCUT2D eigenvalue weighted by Crippen LogP contribution is -2.48. The fraction of sp³-hybridized carbons (Fsp3) is 0.360. The first kappa shape index (κ1) is 22.6. The van der Waals surface area contributed by atoms with Crippen LogP contribution >= 0.6 is 0 Å². The molecule has 0 aliphatic carbocycles. The number of phenolic OH excluding ortho intramolecular Hbond substituents is 1. The van der Waals surface area contributed by atoms with Crippen LogP contribution in [0, 0.1) is 0 Å². The Balaban J connectivity index is 1.41. The molecule has 1 heterocycles. The molecule has 3 rings (SSSR count). The fourth-order valence-electron chi connectivity index (χ4n) is 3.56. The molecule has 1 N–H and O–H groups in total. The number of carbonyl (C=O) groups is 2. The van der Waals surface area contributed by atoms with Crippen molar-refractivity contribution in [1.82, 2.24) is 9.80 Å². The standard InChI is InChI=1S/C25H30N2O4/c1-2-31-24-19-21(10-11-23(24)29)22(28)12-13-25(30)27-17-15-26(16-18-27)14-6-9-20-7-4-3-5-8-20/h3-11,19,29H,2,12-18H2,1H3/b9-6+. The molecule has 0 saturated carbocycles. The molecule has 0 spiro atoms. The first-order valence-electron chi connectivity index (χ1n) is 10.8. The first-order chi connectivity index (χ1) is 15.1. The monoisotopic (exact) mass is 422 g/mol. The highest BCUT2D eigenvalue weighted by molar-refractivity contribution is 5.98. The Labute approximate surface area is 183 Å². The molecule has 0 radical (unpaired) electrons. The third-order valence-corrected chi connectivity index (χ3v) is 5.35. The molecule has 2 aromatic carbocycles. The number of nitrogens with zero attached hydrogens (tertiary/aromatic N) is 2. The topological polar surface area (TPSA) is 70.1 Å². The third-order valence-electron chi connectivity index (χ3n) is 5.35. The normalized spacial score (nSPS) is 14.7. The predicted octanol–water partition coefficient (Wildman–Crippen LogP) is 3.61. The maximum atomic E-state index is 12.5. The number of amides is 1. The van der Waals surface area contributed by atoms with Gasteiger partial charge in [0.15, 0.2) is 17.3 Å². The van der Waals surface area contributed by atoms with Crippen LogP contribution < -0.4 is 4.74 Å². The van der Waals surface area contributed by atoms with Crippen LogP contribution in [0.4, 0.5) is 0 Å². The smallest absolute Gasteiger partial charge is 0.223 e. The van der Waals surface area contributed by atoms with Crippen LogP contribution in [0.1, 0.15) is 35.7 Å². The molecular formula is C25H30N2O4. The molecule has 0 bridgehead atoms. The average molecular weight is 423 g/mol. The summed E-state index contributed by atoms with van der Waals surface area (Å²) in [6.45, 7) is 6.09. The van der Waals surface area contributed by atoms with Crippen molar-refractivity contribution in [3.05, 3.63) is 65.7 Å². The molecular weight excluding hydrogens is 392 g/mol. The van der Waals surface area contributed by atoms with Crippen molar-refractivity contribution in [2.24, 2.45) is 0 Å². The first-order valence-corrected chi connectivity index (χ1v) is 10.8. The van der Waals surface area contributed by atoms with Gasteiger partial charge in [-0.1, -0.05) is 42.5 Å². The average Bonchev–Trinajstić information content (AvgIpc) is 2.80. The second-order valence-electron chi connectivity index (χ2n) is 7.53. The van der Waals surface area contributed by atoms with E-state index in [1.54, 1.807) is 6.07 Å². The number of ketones is 1. The molecule has 1 aliphatic heterocycles. The van der Waals surface area contributed by atoms with Crippen LogP contribution in [0.5, 0.6) is 11.5 Å². The van der Waals surface area contributed by atoms with Crippen molar-refractivity contribution in [1.29, 1.82) is 0 Å². The lowest BCUT2D eigenvalue weighted by atomic mass is 10.1. The van der Waals surface area contributed by atoms with Gasteiger partial charge in [0, 0.05) is 51.1 Å². The van der Waals surface area contributed by atoms with Gasteiger partial charge in [-0.2, -0.15) is 0 Å². The summed E-state index contributed by atoms with van der Waals surface area (Å²) in [6, 6.07) is 14.7. The molecule has 1 saturated heterocycles. The summed E-state index contributed by atoms with van der Waals surface area (Å²) >= 11 is 0. The van der Waals surface area contributed by atoms with E-state index in [4.69, 9.17) is 4.74 Å². The van der Waals surface area contributed by atoms with Gasteiger partial charge in [-0.25, -0.2) is 0 Å². The molecule has 31 heavy (non-hydrogen) atoms. The summed E-state index contributed by atoms with van der Waals surface area (Å²) in [6.07, 6.45) is 4.61. The number of hydrogen-bond donors (Lipinski definition) is 1. The van der Waals surface area contributed by atoms with E-state index < -0.39 is 0 Å². The molecule has 0 atom stereocenters. The van der Waals surface area contributed by atoms with Gasteiger partial charge in [-0.05, 0) is 30.7 Å². The molecule has 1 aliphatic rings. The van der Waals surface area contributed by atoms with Gasteiger partial charge in [0.25, 0.3) is 0 Å². The zero-order chi connectivity index (χ0) is 22.1. The Morgan fingerprint density at radius 1 is 1.03 bits per heavy atom. The van der Waals surface area contributed by atoms with E-state index in [1.165, 1.54) is 17.7 Å². The second-order valence-corrected chi connectivity index (χ2v) is 7.53. The van der Waals surface area contributed by atoms with E-state index in [9.17, 15) is 14.7 Å². The minimum atomic E-state index is -0.126. The van der Waals surface area contributed by atoms with Crippen LogP contribution in [-0.4, -0.2) is 65.9 Å². The Bertz CT molecular complexity index is 903. The summed E-state index contributed by atoms with van der Waals surface area (Å²) in [5, 5.41) is 9.76. The molecule has 6 heteroatoms. The Kier molecular flexibility index (Phi) is 8.24. The number of rotatable bonds is 9. The number of carbonyl (C=O) groups excluding carboxylic acids is 2. The van der Waals surface area contributed by atoms with Gasteiger partial charge in [0.1, 0.15) is 0 Å². The van der Waals surface area contributed by atoms with Gasteiger partial charge in [0.2, 0.25) is 5.91 Å². The van der Waals surface area contributed by atoms with E-state index in [0.29, 0.717) is 25.3 Å². The summed E-state index contributed by atoms with van der Waals surface area (Å²) < 4.78 is 5.32. The quantitative estimate of drug-likeness (QED) is 0.625. The van der Waals surface area contributed by atoms with Crippen molar-refractivity contribution in [2.75, 3.05) is 39.3 Å². The van der Waals surface area contributed by atoms with Crippen molar-refractivity contribution in [3.8, 4) is 11.5 Å². The zero-order valence-corrected chi connectivity index (χ0v) is 18.0. The number of aromatic hydroxyl groups is 1. The number of piperazine rings is 1. The Morgan fingerprint density at radius 3 is 2.48 bits per heavy atom. The molecule has 1 fully saturated rings. The van der Waals surface area contributed by atoms with Gasteiger partial charge >= 0.3 is 0 Å². The summed E-state index contributed by atoms with van der Waals surface area (Å²) in [4.78, 5) is 29.2. The summed E-state index contributed by atoms with van der Waals surface area (Å²) in [5.74, 6) is 0.179. The second kappa shape index (κ2) is 11.3. The minimum Gasteiger partial charge on any atom is -0.504 e. The van der Waals surface area contributed by atoms with Gasteiger partial charge < -0.3 is 14.7 Å². The molecule has 6 nitrogen and oxygen atoms in total. The number of phenols is 1. The highest BCUT2D eigenvalue weighted by Gasteiger charge is 2.21. The third kappa shape index (κ3) is 6.69. The Hall–Kier alpha value is -3.12. The van der Waals surface area contributed by atoms with Gasteiger partial charge in [-0.15, -0.1) is 0 Å². The molecule has 164 valence electrons. The van der Waals surface area contributed by atoms with Crippen molar-refractivity contribution < 1.29 is 19.4 Å². The van der Waals surface area contributed by atoms with Crippen LogP contribution in [0.2, 0.25) is 0 Å². The lowest BCUT2D eigenvalue weighted by molar-refractivity contribution is -0.132. The predicted molar refractivity (Wildman–Crippen MR) is 121 cm³/mol. The fourth-order valence-corrected chi connectivity index (χ4v) is 3.56. The van der Waals surface area contributed by atoms with Crippen molar-refractivity contribution in [3.63, 3.8) is 0 Å². The van der Waals surface area contributed by atoms with Gasteiger partial charge in [-0.3, -0.25) is 14.5 Å². The number of ether oxygens (including phenoxy) is 1. The molecule has 1 amide bonds. The van der Waals surface area contributed by atoms with E-state index >= 15 is 0 Å². The number of Topliss-reactive ketones (excluding diaryl/α,β-unsaturated/α-hetero) is 1. The van der Waals surface area contributed by atoms with E-state index in [2.05, 4.69) is 29.2 Å². The number of hydrogen-bond acceptors (Lipinski definition) is 5. The molecule has 0 aromatic heterocycles. The number of benzene rings is 2. The maximum Gasteiger partial charge on any atom is 0.223 e. The molecule has 2 aromatic rings. The van der Waals surface area contributed by atoms with Crippen molar-refractivity contribution in [2.45, 2.75) is 19.8 Å². The summed E-state index contributed by atoms with van der Waals surface area (Å²) in [5.41, 5.74) is 1.63. The highest BCUT2D eigenvalue weighted by Crippen LogP contribution is 2.27. The Morgan fingerprint density at radius 2 is 1.77 bits per heavy atom. The van der Waals surface area contributed by atoms with Crippen LogP contribution in [0.15, 0.2) is 54.6 Å². The van der Waals surface area contributed by atoms with E-state index in [-0.39, 0.29) is 36.0 Å². The van der Waals surface area contributed by atoms with E-state index in [1.807, 2.05) is 30.0 Å². The largest absolute Gasteiger partial charge is 0.504 e. The van der Waals surface area contributed by atoms with Crippen molar-refractivity contribution >= 4 is 17.8 Å². The van der Waals surface area contributed by atoms with Crippen LogP contribution in [0.3, 0.4) is 0 Å². The highest BCUT2D eigenvalue weighted by atomic mass is 16.5. The van der Waals surface area contributed by atoms with Gasteiger partial charge in [0.05, 0.1) is 6.61 Å². The van der Waals surface area contributed by atoms with Crippen LogP contribution in [0.25, 0.3) is 6.08 Å². The van der Waals surface area contributed by atoms with Crippen LogP contribution in [-0.2, 0) is 4.79 Å².